The van der Waals surface area contributed by atoms with Crippen LogP contribution in [0.1, 0.15) is 37.5 Å². The fourth-order valence-electron chi connectivity index (χ4n) is 3.10. The predicted octanol–water partition coefficient (Wildman–Crippen LogP) is 5.61. The van der Waals surface area contributed by atoms with Gasteiger partial charge >= 0.3 is 0 Å². The van der Waals surface area contributed by atoms with Crippen LogP contribution in [0.2, 0.25) is 0 Å². The Balaban J connectivity index is 1.59. The minimum Gasteiger partial charge on any atom is -0.361 e. The molecule has 0 aliphatic heterocycles. The molecule has 2 aromatic carbocycles. The monoisotopic (exact) mass is 332 g/mol. The van der Waals surface area contributed by atoms with Crippen molar-refractivity contribution in [3.63, 3.8) is 0 Å². The minimum atomic E-state index is 0.210. The highest BCUT2D eigenvalue weighted by molar-refractivity contribution is 5.82. The highest BCUT2D eigenvalue weighted by atomic mass is 15.1. The number of H-pyrrole nitrogens is 1. The van der Waals surface area contributed by atoms with E-state index in [1.807, 2.05) is 6.20 Å². The summed E-state index contributed by atoms with van der Waals surface area (Å²) in [4.78, 5) is 5.68. The number of aromatic amines is 1. The number of fused-ring (bicyclic) bond motifs is 1. The summed E-state index contributed by atoms with van der Waals surface area (Å²) in [5, 5.41) is 1.28. The van der Waals surface area contributed by atoms with Crippen molar-refractivity contribution < 1.29 is 0 Å². The van der Waals surface area contributed by atoms with Gasteiger partial charge in [0, 0.05) is 24.8 Å². The zero-order chi connectivity index (χ0) is 17.9. The second-order valence-electron chi connectivity index (χ2n) is 7.83. The van der Waals surface area contributed by atoms with Crippen molar-refractivity contribution >= 4 is 17.0 Å². The van der Waals surface area contributed by atoms with Crippen LogP contribution in [0, 0.1) is 0 Å². The van der Waals surface area contributed by atoms with Crippen LogP contribution in [-0.4, -0.2) is 23.5 Å². The van der Waals surface area contributed by atoms with Gasteiger partial charge in [-0.05, 0) is 40.6 Å². The van der Waals surface area contributed by atoms with E-state index in [1.165, 1.54) is 27.6 Å². The van der Waals surface area contributed by atoms with Gasteiger partial charge in [0.25, 0.3) is 0 Å². The van der Waals surface area contributed by atoms with Crippen LogP contribution in [0.4, 0.5) is 0 Å². The zero-order valence-corrected chi connectivity index (χ0v) is 15.7. The van der Waals surface area contributed by atoms with Crippen LogP contribution in [0.25, 0.3) is 17.0 Å². The molecule has 130 valence electrons. The van der Waals surface area contributed by atoms with Gasteiger partial charge in [0.1, 0.15) is 0 Å². The Morgan fingerprint density at radius 3 is 2.48 bits per heavy atom. The molecule has 3 aromatic rings. The van der Waals surface area contributed by atoms with E-state index in [2.05, 4.69) is 98.4 Å². The third-order valence-electron chi connectivity index (χ3n) is 4.62. The molecule has 0 bridgehead atoms. The number of likely N-dealkylation sites (N-methyl/N-ethyl adjacent to an activating group) is 1. The van der Waals surface area contributed by atoms with E-state index in [9.17, 15) is 0 Å². The highest BCUT2D eigenvalue weighted by Crippen LogP contribution is 2.22. The molecular weight excluding hydrogens is 304 g/mol. The van der Waals surface area contributed by atoms with Gasteiger partial charge in [-0.3, -0.25) is 4.90 Å². The van der Waals surface area contributed by atoms with Crippen molar-refractivity contribution in [2.45, 2.75) is 32.7 Å². The lowest BCUT2D eigenvalue weighted by Gasteiger charge is -2.18. The number of nitrogens with one attached hydrogen (secondary N) is 1. The molecule has 0 amide bonds. The van der Waals surface area contributed by atoms with E-state index in [4.69, 9.17) is 0 Å². The summed E-state index contributed by atoms with van der Waals surface area (Å²) in [6.07, 6.45) is 6.45. The molecule has 0 saturated heterocycles. The second kappa shape index (κ2) is 7.28. The average molecular weight is 332 g/mol. The number of aromatic nitrogens is 1. The van der Waals surface area contributed by atoms with E-state index in [0.29, 0.717) is 0 Å². The van der Waals surface area contributed by atoms with Crippen molar-refractivity contribution in [2.24, 2.45) is 0 Å². The van der Waals surface area contributed by atoms with Crippen molar-refractivity contribution in [1.29, 1.82) is 0 Å². The molecule has 0 radical (unpaired) electrons. The van der Waals surface area contributed by atoms with Crippen molar-refractivity contribution in [2.75, 3.05) is 13.6 Å². The van der Waals surface area contributed by atoms with E-state index in [-0.39, 0.29) is 5.41 Å². The topological polar surface area (TPSA) is 19.0 Å². The molecule has 1 aromatic heterocycles. The van der Waals surface area contributed by atoms with Gasteiger partial charge in [-0.25, -0.2) is 0 Å². The van der Waals surface area contributed by atoms with Gasteiger partial charge in [-0.15, -0.1) is 0 Å². The molecule has 0 unspecified atom stereocenters. The van der Waals surface area contributed by atoms with E-state index < -0.39 is 0 Å². The number of benzene rings is 2. The molecule has 25 heavy (non-hydrogen) atoms. The van der Waals surface area contributed by atoms with Crippen molar-refractivity contribution in [3.8, 4) is 0 Å². The maximum absolute atomic E-state index is 3.35. The normalized spacial score (nSPS) is 12.5. The van der Waals surface area contributed by atoms with Crippen LogP contribution < -0.4 is 0 Å². The number of para-hydroxylation sites is 1. The highest BCUT2D eigenvalue weighted by Gasteiger charge is 2.12. The summed E-state index contributed by atoms with van der Waals surface area (Å²) in [6, 6.07) is 17.5. The largest absolute Gasteiger partial charge is 0.361 e. The van der Waals surface area contributed by atoms with Gasteiger partial charge in [0.2, 0.25) is 0 Å². The summed E-state index contributed by atoms with van der Waals surface area (Å²) in [6.45, 7) is 8.61. The summed E-state index contributed by atoms with van der Waals surface area (Å²) in [7, 11) is 2.16. The number of hydrogen-bond acceptors (Lipinski definition) is 1. The molecule has 2 nitrogen and oxygen atoms in total. The van der Waals surface area contributed by atoms with Gasteiger partial charge < -0.3 is 4.98 Å². The lowest BCUT2D eigenvalue weighted by Crippen LogP contribution is -2.17. The second-order valence-corrected chi connectivity index (χ2v) is 7.83. The van der Waals surface area contributed by atoms with E-state index in [1.54, 1.807) is 0 Å². The molecule has 1 N–H and O–H groups in total. The fourth-order valence-corrected chi connectivity index (χ4v) is 3.10. The smallest absolute Gasteiger partial charge is 0.0499 e. The summed E-state index contributed by atoms with van der Waals surface area (Å²) in [5.41, 5.74) is 5.43. The Morgan fingerprint density at radius 2 is 1.76 bits per heavy atom. The third kappa shape index (κ3) is 4.40. The SMILES string of the molecule is CN(C/C=C/c1ccc(C(C)(C)C)cc1)Cc1cccc2cc[nH]c12. The molecule has 3 rings (SSSR count). The fraction of sp³-hybridized carbons (Fsp3) is 0.304. The first-order valence-corrected chi connectivity index (χ1v) is 8.94. The average Bonchev–Trinajstić information content (AvgIpc) is 3.04. The van der Waals surface area contributed by atoms with Gasteiger partial charge in [-0.1, -0.05) is 75.4 Å². The summed E-state index contributed by atoms with van der Waals surface area (Å²) in [5.74, 6) is 0. The summed E-state index contributed by atoms with van der Waals surface area (Å²) < 4.78 is 0. The summed E-state index contributed by atoms with van der Waals surface area (Å²) >= 11 is 0. The molecule has 0 spiro atoms. The maximum Gasteiger partial charge on any atom is 0.0499 e. The lowest BCUT2D eigenvalue weighted by molar-refractivity contribution is 0.365. The van der Waals surface area contributed by atoms with Gasteiger partial charge in [0.15, 0.2) is 0 Å². The molecule has 0 fully saturated rings. The Morgan fingerprint density at radius 1 is 1.00 bits per heavy atom. The van der Waals surface area contributed by atoms with Crippen molar-refractivity contribution in [1.82, 2.24) is 9.88 Å². The molecule has 0 saturated carbocycles. The van der Waals surface area contributed by atoms with E-state index >= 15 is 0 Å². The first-order chi connectivity index (χ1) is 11.9. The Labute approximate surface area is 151 Å². The maximum atomic E-state index is 3.35. The molecule has 2 heteroatoms. The number of rotatable bonds is 5. The van der Waals surface area contributed by atoms with Crippen LogP contribution in [-0.2, 0) is 12.0 Å². The Hall–Kier alpha value is -2.32. The first kappa shape index (κ1) is 17.5. The Bertz CT molecular complexity index is 848. The van der Waals surface area contributed by atoms with Crippen LogP contribution >= 0.6 is 0 Å². The first-order valence-electron chi connectivity index (χ1n) is 8.94. The standard InChI is InChI=1S/C23H28N2/c1-23(2,3)21-12-10-18(11-13-21)7-6-16-25(4)17-20-9-5-8-19-14-15-24-22(19)20/h5-15,24H,16-17H2,1-4H3/b7-6+. The zero-order valence-electron chi connectivity index (χ0n) is 15.7. The third-order valence-corrected chi connectivity index (χ3v) is 4.62. The van der Waals surface area contributed by atoms with Crippen LogP contribution in [0.15, 0.2) is 60.8 Å². The minimum absolute atomic E-state index is 0.210. The van der Waals surface area contributed by atoms with Gasteiger partial charge in [0.05, 0.1) is 0 Å². The number of nitrogens with zero attached hydrogens (tertiary/aromatic N) is 1. The van der Waals surface area contributed by atoms with Gasteiger partial charge in [-0.2, -0.15) is 0 Å². The molecule has 0 aliphatic rings. The molecule has 0 aliphatic carbocycles. The lowest BCUT2D eigenvalue weighted by atomic mass is 9.87. The van der Waals surface area contributed by atoms with Crippen LogP contribution in [0.5, 0.6) is 0 Å². The van der Waals surface area contributed by atoms with E-state index in [0.717, 1.165) is 13.1 Å². The van der Waals surface area contributed by atoms with Crippen molar-refractivity contribution in [3.05, 3.63) is 77.5 Å². The molecule has 1 heterocycles. The predicted molar refractivity (Wildman–Crippen MR) is 109 cm³/mol. The van der Waals surface area contributed by atoms with Crippen LogP contribution in [0.3, 0.4) is 0 Å². The molecular formula is C23H28N2. The molecule has 0 atom stereocenters. The number of hydrogen-bond donors (Lipinski definition) is 1. The quantitative estimate of drug-likeness (QED) is 0.643. The Kier molecular flexibility index (Phi) is 5.10.